The third-order valence-corrected chi connectivity index (χ3v) is 5.24. The van der Waals surface area contributed by atoms with Gasteiger partial charge in [-0.05, 0) is 53.9 Å². The summed E-state index contributed by atoms with van der Waals surface area (Å²) >= 11 is 0. The quantitative estimate of drug-likeness (QED) is 0.385. The summed E-state index contributed by atoms with van der Waals surface area (Å²) in [5, 5.41) is 0. The molecule has 0 saturated heterocycles. The highest BCUT2D eigenvalue weighted by Crippen LogP contribution is 2.20. The molecule has 0 bridgehead atoms. The molecule has 0 aliphatic carbocycles. The Bertz CT molecular complexity index is 631. The molecule has 0 radical (unpaired) electrons. The first-order chi connectivity index (χ1) is 12.4. The maximum atomic E-state index is 12.4. The van der Waals surface area contributed by atoms with Crippen molar-refractivity contribution in [3.05, 3.63) is 11.1 Å². The predicted molar refractivity (Wildman–Crippen MR) is 105 cm³/mol. The number of unbranched alkanes of at least 4 members (excludes halogenated alkanes) is 3. The standard InChI is InChI=1S/C19H35NO6S/c1-8-11-12-13-14-16(9-2)15(4)17(21)26-27(23,24)20(10-3)18(22)25-19(5,6)7/h8-14H2,1-7H3. The van der Waals surface area contributed by atoms with Crippen molar-refractivity contribution < 1.29 is 26.9 Å². The van der Waals surface area contributed by atoms with Crippen LogP contribution < -0.4 is 0 Å². The van der Waals surface area contributed by atoms with E-state index in [4.69, 9.17) is 8.92 Å². The Morgan fingerprint density at radius 1 is 1.00 bits per heavy atom. The maximum Gasteiger partial charge on any atom is 0.426 e. The number of carbonyl (C=O) groups is 2. The Balaban J connectivity index is 5.24. The van der Waals surface area contributed by atoms with E-state index in [1.165, 1.54) is 6.92 Å². The van der Waals surface area contributed by atoms with Crippen molar-refractivity contribution in [2.45, 2.75) is 92.6 Å². The smallest absolute Gasteiger partial charge is 0.426 e. The van der Waals surface area contributed by atoms with E-state index in [-0.39, 0.29) is 12.1 Å². The van der Waals surface area contributed by atoms with E-state index in [9.17, 15) is 18.0 Å². The van der Waals surface area contributed by atoms with E-state index in [0.717, 1.165) is 37.7 Å². The molecule has 7 nitrogen and oxygen atoms in total. The summed E-state index contributed by atoms with van der Waals surface area (Å²) in [5.74, 6) is -0.954. The molecule has 158 valence electrons. The van der Waals surface area contributed by atoms with Gasteiger partial charge in [-0.3, -0.25) is 0 Å². The van der Waals surface area contributed by atoms with Crippen molar-refractivity contribution >= 4 is 22.4 Å². The SMILES string of the molecule is CCCCCCC(CC)=C(C)C(=O)OS(=O)(=O)N(CC)C(=O)OC(C)(C)C. The number of nitrogens with zero attached hydrogens (tertiary/aromatic N) is 1. The molecule has 0 N–H and O–H groups in total. The third-order valence-electron chi connectivity index (χ3n) is 3.93. The Morgan fingerprint density at radius 2 is 1.59 bits per heavy atom. The van der Waals surface area contributed by atoms with Gasteiger partial charge in [0.1, 0.15) is 5.60 Å². The summed E-state index contributed by atoms with van der Waals surface area (Å²) < 4.78 is 34.9. The van der Waals surface area contributed by atoms with Gasteiger partial charge in [0.25, 0.3) is 0 Å². The lowest BCUT2D eigenvalue weighted by Gasteiger charge is -2.25. The molecule has 0 saturated carbocycles. The summed E-state index contributed by atoms with van der Waals surface area (Å²) in [6, 6.07) is 0. The van der Waals surface area contributed by atoms with Crippen LogP contribution in [0.3, 0.4) is 0 Å². The fraction of sp³-hybridized carbons (Fsp3) is 0.789. The number of amides is 1. The van der Waals surface area contributed by atoms with Crippen LogP contribution in [0, 0.1) is 0 Å². The van der Waals surface area contributed by atoms with Gasteiger partial charge in [-0.1, -0.05) is 38.7 Å². The van der Waals surface area contributed by atoms with Crippen LogP contribution in [0.5, 0.6) is 0 Å². The number of hydrogen-bond donors (Lipinski definition) is 0. The third kappa shape index (κ3) is 9.26. The lowest BCUT2D eigenvalue weighted by atomic mass is 10.00. The average molecular weight is 406 g/mol. The summed E-state index contributed by atoms with van der Waals surface area (Å²) in [4.78, 5) is 24.4. The van der Waals surface area contributed by atoms with Gasteiger partial charge in [0.05, 0.1) is 0 Å². The molecule has 27 heavy (non-hydrogen) atoms. The maximum absolute atomic E-state index is 12.4. The zero-order chi connectivity index (χ0) is 21.3. The van der Waals surface area contributed by atoms with Crippen molar-refractivity contribution in [3.8, 4) is 0 Å². The van der Waals surface area contributed by atoms with Gasteiger partial charge in [0.15, 0.2) is 0 Å². The largest absolute Gasteiger partial charge is 0.443 e. The lowest BCUT2D eigenvalue weighted by Crippen LogP contribution is -2.42. The fourth-order valence-corrected chi connectivity index (χ4v) is 3.38. The molecule has 0 aliphatic heterocycles. The van der Waals surface area contributed by atoms with Crippen LogP contribution in [-0.4, -0.2) is 36.9 Å². The first-order valence-corrected chi connectivity index (χ1v) is 10.9. The van der Waals surface area contributed by atoms with Crippen molar-refractivity contribution in [2.75, 3.05) is 6.54 Å². The molecule has 0 rings (SSSR count). The molecule has 0 fully saturated rings. The summed E-state index contributed by atoms with van der Waals surface area (Å²) in [6.07, 6.45) is 4.52. The van der Waals surface area contributed by atoms with Crippen LogP contribution in [-0.2, 0) is 24.0 Å². The molecule has 0 unspecified atom stereocenters. The number of ether oxygens (including phenoxy) is 1. The number of carbonyl (C=O) groups excluding carboxylic acids is 2. The monoisotopic (exact) mass is 405 g/mol. The first kappa shape index (κ1) is 25.4. The zero-order valence-electron chi connectivity index (χ0n) is 17.8. The molecule has 0 aliphatic rings. The van der Waals surface area contributed by atoms with Crippen molar-refractivity contribution in [1.82, 2.24) is 4.31 Å². The van der Waals surface area contributed by atoms with Crippen LogP contribution in [0.1, 0.15) is 87.0 Å². The second kappa shape index (κ2) is 11.3. The first-order valence-electron chi connectivity index (χ1n) is 9.57. The molecular formula is C19H35NO6S. The molecule has 0 spiro atoms. The van der Waals surface area contributed by atoms with E-state index in [2.05, 4.69) is 6.92 Å². The molecular weight excluding hydrogens is 370 g/mol. The summed E-state index contributed by atoms with van der Waals surface area (Å²) in [7, 11) is -4.58. The van der Waals surface area contributed by atoms with Gasteiger partial charge in [-0.15, -0.1) is 0 Å². The zero-order valence-corrected chi connectivity index (χ0v) is 18.6. The summed E-state index contributed by atoms with van der Waals surface area (Å²) in [6.45, 7) is 11.7. The van der Waals surface area contributed by atoms with Crippen LogP contribution in [0.2, 0.25) is 0 Å². The minimum Gasteiger partial charge on any atom is -0.443 e. The molecule has 0 aromatic heterocycles. The lowest BCUT2D eigenvalue weighted by molar-refractivity contribution is -0.129. The molecule has 0 aromatic carbocycles. The van der Waals surface area contributed by atoms with E-state index in [0.29, 0.717) is 10.7 Å². The topological polar surface area (TPSA) is 90.0 Å². The van der Waals surface area contributed by atoms with Crippen LogP contribution in [0.25, 0.3) is 0 Å². The van der Waals surface area contributed by atoms with Crippen LogP contribution >= 0.6 is 0 Å². The van der Waals surface area contributed by atoms with Crippen LogP contribution in [0.4, 0.5) is 4.79 Å². The highest BCUT2D eigenvalue weighted by atomic mass is 32.2. The van der Waals surface area contributed by atoms with Crippen molar-refractivity contribution in [3.63, 3.8) is 0 Å². The molecule has 8 heteroatoms. The minimum atomic E-state index is -4.58. The second-order valence-electron chi connectivity index (χ2n) is 7.37. The van der Waals surface area contributed by atoms with Crippen LogP contribution in [0.15, 0.2) is 11.1 Å². The Kier molecular flexibility index (Phi) is 10.7. The Labute approximate surface area is 164 Å². The normalized spacial score (nSPS) is 13.0. The van der Waals surface area contributed by atoms with Gasteiger partial charge < -0.3 is 8.92 Å². The Morgan fingerprint density at radius 3 is 2.04 bits per heavy atom. The van der Waals surface area contributed by atoms with E-state index in [1.54, 1.807) is 27.7 Å². The second-order valence-corrected chi connectivity index (χ2v) is 8.83. The highest BCUT2D eigenvalue weighted by molar-refractivity contribution is 7.85. The molecule has 0 atom stereocenters. The fourth-order valence-electron chi connectivity index (χ4n) is 2.43. The van der Waals surface area contributed by atoms with E-state index < -0.39 is 28.0 Å². The average Bonchev–Trinajstić information content (AvgIpc) is 2.52. The number of rotatable bonds is 10. The highest BCUT2D eigenvalue weighted by Gasteiger charge is 2.34. The van der Waals surface area contributed by atoms with E-state index in [1.807, 2.05) is 6.92 Å². The summed E-state index contributed by atoms with van der Waals surface area (Å²) in [5.41, 5.74) is 0.276. The van der Waals surface area contributed by atoms with Gasteiger partial charge in [0.2, 0.25) is 0 Å². The van der Waals surface area contributed by atoms with E-state index >= 15 is 0 Å². The number of allylic oxidation sites excluding steroid dienone is 1. The minimum absolute atomic E-state index is 0.203. The van der Waals surface area contributed by atoms with Gasteiger partial charge in [-0.2, -0.15) is 12.7 Å². The molecule has 1 amide bonds. The van der Waals surface area contributed by atoms with Gasteiger partial charge >= 0.3 is 22.4 Å². The van der Waals surface area contributed by atoms with Crippen molar-refractivity contribution in [1.29, 1.82) is 0 Å². The van der Waals surface area contributed by atoms with Gasteiger partial charge in [0, 0.05) is 12.1 Å². The number of hydrogen-bond acceptors (Lipinski definition) is 6. The van der Waals surface area contributed by atoms with Gasteiger partial charge in [-0.25, -0.2) is 9.59 Å². The Hall–Kier alpha value is -1.57. The molecule has 0 aromatic rings. The molecule has 0 heterocycles. The van der Waals surface area contributed by atoms with Crippen molar-refractivity contribution in [2.24, 2.45) is 0 Å². The predicted octanol–water partition coefficient (Wildman–Crippen LogP) is 4.73.